The van der Waals surface area contributed by atoms with Crippen LogP contribution in [-0.4, -0.2) is 29.4 Å². The Morgan fingerprint density at radius 1 is 1.35 bits per heavy atom. The third kappa shape index (κ3) is 6.64. The second-order valence-corrected chi connectivity index (χ2v) is 6.51. The van der Waals surface area contributed by atoms with Crippen LogP contribution in [0.15, 0.2) is 34.6 Å². The molecule has 7 heteroatoms. The first-order valence-electron chi connectivity index (χ1n) is 7.23. The van der Waals surface area contributed by atoms with E-state index in [1.54, 1.807) is 11.3 Å². The van der Waals surface area contributed by atoms with Gasteiger partial charge in [-0.15, -0.1) is 35.3 Å². The zero-order valence-electron chi connectivity index (χ0n) is 13.5. The van der Waals surface area contributed by atoms with Crippen LogP contribution in [-0.2, 0) is 13.1 Å². The molecule has 0 radical (unpaired) electrons. The molecular weight excluding hydrogens is 443 g/mol. The maximum absolute atomic E-state index is 5.90. The topological polar surface area (TPSA) is 40.5 Å². The Bertz CT molecular complexity index is 627. The molecule has 0 amide bonds. The van der Waals surface area contributed by atoms with E-state index in [9.17, 15) is 0 Å². The highest BCUT2D eigenvalue weighted by Gasteiger charge is 2.08. The van der Waals surface area contributed by atoms with Crippen LogP contribution in [0, 0.1) is 6.92 Å². The summed E-state index contributed by atoms with van der Waals surface area (Å²) in [4.78, 5) is 11.3. The van der Waals surface area contributed by atoms with Gasteiger partial charge in [-0.3, -0.25) is 0 Å². The number of halogens is 2. The number of hydrogen-bond donors (Lipinski definition) is 1. The average Bonchev–Trinajstić information content (AvgIpc) is 2.90. The standard InChI is InChI=1S/C16H21ClN4S.HI/c1-4-18-16(19-9-13-5-7-14(17)8-6-13)21(3)10-15-11-22-12(2)20-15;/h5-8,11H,4,9-10H2,1-3H3,(H,18,19);1H. The highest BCUT2D eigenvalue weighted by atomic mass is 127. The summed E-state index contributed by atoms with van der Waals surface area (Å²) in [5, 5.41) is 7.24. The summed E-state index contributed by atoms with van der Waals surface area (Å²) in [7, 11) is 2.03. The molecular formula is C16H22ClIN4S. The smallest absolute Gasteiger partial charge is 0.194 e. The third-order valence-electron chi connectivity index (χ3n) is 3.09. The number of nitrogens with one attached hydrogen (secondary N) is 1. The van der Waals surface area contributed by atoms with Crippen LogP contribution in [0.2, 0.25) is 5.02 Å². The van der Waals surface area contributed by atoms with Crippen molar-refractivity contribution in [2.75, 3.05) is 13.6 Å². The number of aryl methyl sites for hydroxylation is 1. The van der Waals surface area contributed by atoms with E-state index in [4.69, 9.17) is 11.6 Å². The fourth-order valence-corrected chi connectivity index (χ4v) is 2.75. The van der Waals surface area contributed by atoms with Gasteiger partial charge in [0.1, 0.15) is 0 Å². The van der Waals surface area contributed by atoms with Gasteiger partial charge in [-0.05, 0) is 31.5 Å². The summed E-state index contributed by atoms with van der Waals surface area (Å²) in [6, 6.07) is 7.78. The molecule has 0 unspecified atom stereocenters. The number of nitrogens with zero attached hydrogens (tertiary/aromatic N) is 3. The van der Waals surface area contributed by atoms with E-state index in [1.165, 1.54) is 0 Å². The molecule has 0 aliphatic heterocycles. The van der Waals surface area contributed by atoms with Crippen molar-refractivity contribution in [3.63, 3.8) is 0 Å². The number of benzene rings is 1. The van der Waals surface area contributed by atoms with E-state index >= 15 is 0 Å². The predicted octanol–water partition coefficient (Wildman–Crippen LogP) is 4.32. The minimum absolute atomic E-state index is 0. The molecule has 4 nitrogen and oxygen atoms in total. The van der Waals surface area contributed by atoms with Gasteiger partial charge in [-0.25, -0.2) is 9.98 Å². The SMILES string of the molecule is CCNC(=NCc1ccc(Cl)cc1)N(C)Cc1csc(C)n1.I. The summed E-state index contributed by atoms with van der Waals surface area (Å²) >= 11 is 7.58. The van der Waals surface area contributed by atoms with Crippen molar-refractivity contribution in [2.24, 2.45) is 4.99 Å². The summed E-state index contributed by atoms with van der Waals surface area (Å²) < 4.78 is 0. The number of hydrogen-bond acceptors (Lipinski definition) is 3. The average molecular weight is 465 g/mol. The van der Waals surface area contributed by atoms with Crippen LogP contribution in [0.1, 0.15) is 23.2 Å². The van der Waals surface area contributed by atoms with Crippen molar-refractivity contribution in [1.82, 2.24) is 15.2 Å². The van der Waals surface area contributed by atoms with Crippen LogP contribution < -0.4 is 5.32 Å². The Kier molecular flexibility index (Phi) is 8.86. The zero-order valence-corrected chi connectivity index (χ0v) is 17.4. The van der Waals surface area contributed by atoms with Gasteiger partial charge in [-0.2, -0.15) is 0 Å². The molecule has 2 rings (SSSR count). The zero-order chi connectivity index (χ0) is 15.9. The molecule has 0 atom stereocenters. The van der Waals surface area contributed by atoms with E-state index in [1.807, 2.05) is 38.2 Å². The summed E-state index contributed by atoms with van der Waals surface area (Å²) in [6.45, 7) is 6.29. The molecule has 1 aromatic heterocycles. The normalized spacial score (nSPS) is 11.0. The maximum Gasteiger partial charge on any atom is 0.194 e. The first-order chi connectivity index (χ1) is 10.6. The van der Waals surface area contributed by atoms with Crippen LogP contribution in [0.5, 0.6) is 0 Å². The number of aliphatic imine (C=N–C) groups is 1. The van der Waals surface area contributed by atoms with Gasteiger partial charge in [-0.1, -0.05) is 23.7 Å². The molecule has 1 N–H and O–H groups in total. The fourth-order valence-electron chi connectivity index (χ4n) is 2.02. The monoisotopic (exact) mass is 464 g/mol. The summed E-state index contributed by atoms with van der Waals surface area (Å²) in [5.41, 5.74) is 2.21. The quantitative estimate of drug-likeness (QED) is 0.407. The van der Waals surface area contributed by atoms with Crippen molar-refractivity contribution < 1.29 is 0 Å². The minimum Gasteiger partial charge on any atom is -0.357 e. The van der Waals surface area contributed by atoms with E-state index in [0.29, 0.717) is 6.54 Å². The van der Waals surface area contributed by atoms with E-state index in [-0.39, 0.29) is 24.0 Å². The number of aromatic nitrogens is 1. The van der Waals surface area contributed by atoms with Crippen molar-refractivity contribution in [3.05, 3.63) is 50.9 Å². The highest BCUT2D eigenvalue weighted by Crippen LogP contribution is 2.12. The van der Waals surface area contributed by atoms with Crippen molar-refractivity contribution in [2.45, 2.75) is 26.9 Å². The summed E-state index contributed by atoms with van der Waals surface area (Å²) in [6.07, 6.45) is 0. The predicted molar refractivity (Wildman–Crippen MR) is 110 cm³/mol. The lowest BCUT2D eigenvalue weighted by molar-refractivity contribution is 0.471. The molecule has 0 saturated heterocycles. The van der Waals surface area contributed by atoms with Gasteiger partial charge >= 0.3 is 0 Å². The molecule has 0 bridgehead atoms. The molecule has 0 saturated carbocycles. The lowest BCUT2D eigenvalue weighted by atomic mass is 10.2. The number of guanidine groups is 1. The van der Waals surface area contributed by atoms with Crippen molar-refractivity contribution in [1.29, 1.82) is 0 Å². The minimum atomic E-state index is 0. The van der Waals surface area contributed by atoms with Crippen LogP contribution in [0.3, 0.4) is 0 Å². The van der Waals surface area contributed by atoms with Crippen LogP contribution >= 0.6 is 46.9 Å². The van der Waals surface area contributed by atoms with Crippen molar-refractivity contribution in [3.8, 4) is 0 Å². The highest BCUT2D eigenvalue weighted by molar-refractivity contribution is 14.0. The molecule has 1 aromatic carbocycles. The third-order valence-corrected chi connectivity index (χ3v) is 4.16. The first kappa shape index (κ1) is 20.2. The van der Waals surface area contributed by atoms with Gasteiger partial charge < -0.3 is 10.2 Å². The Morgan fingerprint density at radius 3 is 2.61 bits per heavy atom. The summed E-state index contributed by atoms with van der Waals surface area (Å²) in [5.74, 6) is 0.878. The maximum atomic E-state index is 5.90. The number of thiazole rings is 1. The Balaban J connectivity index is 0.00000264. The van der Waals surface area contributed by atoms with Crippen LogP contribution in [0.4, 0.5) is 0 Å². The second kappa shape index (κ2) is 10.1. The van der Waals surface area contributed by atoms with Gasteiger partial charge in [0.15, 0.2) is 5.96 Å². The molecule has 0 spiro atoms. The molecule has 0 aliphatic rings. The molecule has 1 heterocycles. The fraction of sp³-hybridized carbons (Fsp3) is 0.375. The van der Waals surface area contributed by atoms with Gasteiger partial charge in [0.2, 0.25) is 0 Å². The van der Waals surface area contributed by atoms with Gasteiger partial charge in [0, 0.05) is 24.0 Å². The van der Waals surface area contributed by atoms with E-state index in [2.05, 4.69) is 32.5 Å². The number of rotatable bonds is 5. The first-order valence-corrected chi connectivity index (χ1v) is 8.49. The van der Waals surface area contributed by atoms with Crippen molar-refractivity contribution >= 4 is 52.9 Å². The van der Waals surface area contributed by atoms with E-state index in [0.717, 1.165) is 40.3 Å². The molecule has 23 heavy (non-hydrogen) atoms. The Labute approximate surface area is 164 Å². The van der Waals surface area contributed by atoms with Gasteiger partial charge in [0.25, 0.3) is 0 Å². The lowest BCUT2D eigenvalue weighted by Gasteiger charge is -2.21. The Hall–Kier alpha value is -0.860. The van der Waals surface area contributed by atoms with Gasteiger partial charge in [0.05, 0.1) is 23.8 Å². The largest absolute Gasteiger partial charge is 0.357 e. The van der Waals surface area contributed by atoms with Crippen LogP contribution in [0.25, 0.3) is 0 Å². The Morgan fingerprint density at radius 2 is 2.04 bits per heavy atom. The molecule has 126 valence electrons. The molecule has 0 aliphatic carbocycles. The molecule has 2 aromatic rings. The van der Waals surface area contributed by atoms with E-state index < -0.39 is 0 Å². The second-order valence-electron chi connectivity index (χ2n) is 5.01. The molecule has 0 fully saturated rings. The lowest BCUT2D eigenvalue weighted by Crippen LogP contribution is -2.38.